The fourth-order valence-corrected chi connectivity index (χ4v) is 2.89. The minimum absolute atomic E-state index is 0.656. The van der Waals surface area contributed by atoms with Gasteiger partial charge in [0, 0.05) is 6.42 Å². The lowest BCUT2D eigenvalue weighted by Gasteiger charge is -2.26. The fourth-order valence-electron chi connectivity index (χ4n) is 2.89. The molecule has 96 valence electrons. The topological polar surface area (TPSA) is 32.3 Å². The van der Waals surface area contributed by atoms with E-state index in [1.54, 1.807) is 0 Å². The molecule has 1 heterocycles. The molecule has 0 aromatic heterocycles. The van der Waals surface area contributed by atoms with E-state index in [4.69, 9.17) is 0 Å². The lowest BCUT2D eigenvalue weighted by molar-refractivity contribution is 0.0609. The van der Waals surface area contributed by atoms with Gasteiger partial charge in [-0.05, 0) is 57.5 Å². The van der Waals surface area contributed by atoms with Crippen LogP contribution in [-0.2, 0) is 0 Å². The number of hydrogen-bond acceptors (Lipinski definition) is 2. The Bertz CT molecular complexity index is 275. The van der Waals surface area contributed by atoms with Gasteiger partial charge in [-0.25, -0.2) is 0 Å². The average molecular weight is 235 g/mol. The molecule has 1 unspecified atom stereocenters. The number of aliphatic hydroxyl groups is 1. The Balaban J connectivity index is 1.79. The molecule has 2 rings (SSSR count). The first-order valence-electron chi connectivity index (χ1n) is 7.22. The molecule has 2 aliphatic rings. The van der Waals surface area contributed by atoms with Crippen LogP contribution in [0, 0.1) is 17.8 Å². The van der Waals surface area contributed by atoms with Crippen molar-refractivity contribution in [3.8, 4) is 11.8 Å². The van der Waals surface area contributed by atoms with Crippen LogP contribution < -0.4 is 5.32 Å². The summed E-state index contributed by atoms with van der Waals surface area (Å²) in [6, 6.07) is 0. The van der Waals surface area contributed by atoms with Crippen molar-refractivity contribution in [2.75, 3.05) is 13.1 Å². The van der Waals surface area contributed by atoms with Gasteiger partial charge in [-0.15, -0.1) is 0 Å². The molecule has 1 aliphatic carbocycles. The number of rotatable bonds is 1. The number of hydrogen-bond donors (Lipinski definition) is 2. The summed E-state index contributed by atoms with van der Waals surface area (Å²) in [5.74, 6) is 7.09. The predicted octanol–water partition coefficient (Wildman–Crippen LogP) is 2.46. The van der Waals surface area contributed by atoms with E-state index in [2.05, 4.69) is 17.2 Å². The van der Waals surface area contributed by atoms with Crippen molar-refractivity contribution >= 4 is 0 Å². The average Bonchev–Trinajstić information content (AvgIpc) is 2.58. The van der Waals surface area contributed by atoms with Gasteiger partial charge in [-0.1, -0.05) is 24.7 Å². The minimum atomic E-state index is -0.656. The third-order valence-electron chi connectivity index (χ3n) is 4.04. The normalized spacial score (nSPS) is 28.9. The second kappa shape index (κ2) is 6.42. The molecule has 2 heteroatoms. The molecule has 0 aromatic rings. The van der Waals surface area contributed by atoms with Crippen LogP contribution in [0.2, 0.25) is 0 Å². The van der Waals surface area contributed by atoms with Crippen LogP contribution in [0.1, 0.15) is 57.8 Å². The first-order chi connectivity index (χ1) is 8.29. The smallest absolute Gasteiger partial charge is 0.125 e. The molecule has 0 radical (unpaired) electrons. The van der Waals surface area contributed by atoms with Crippen LogP contribution in [0.25, 0.3) is 0 Å². The highest BCUT2D eigenvalue weighted by atomic mass is 16.3. The van der Waals surface area contributed by atoms with Crippen LogP contribution in [0.3, 0.4) is 0 Å². The maximum atomic E-state index is 10.3. The van der Waals surface area contributed by atoms with Crippen molar-refractivity contribution in [3.63, 3.8) is 0 Å². The summed E-state index contributed by atoms with van der Waals surface area (Å²) in [6.07, 6.45) is 10.2. The fraction of sp³-hybridized carbons (Fsp3) is 0.867. The second-order valence-electron chi connectivity index (χ2n) is 5.66. The van der Waals surface area contributed by atoms with Crippen molar-refractivity contribution in [2.45, 2.75) is 63.4 Å². The second-order valence-corrected chi connectivity index (χ2v) is 5.66. The molecule has 0 bridgehead atoms. The van der Waals surface area contributed by atoms with Crippen molar-refractivity contribution in [3.05, 3.63) is 0 Å². The molecule has 1 saturated carbocycles. The molecule has 2 fully saturated rings. The minimum Gasteiger partial charge on any atom is -0.378 e. The molecule has 0 amide bonds. The van der Waals surface area contributed by atoms with Crippen LogP contribution >= 0.6 is 0 Å². The molecule has 0 spiro atoms. The van der Waals surface area contributed by atoms with E-state index in [-0.39, 0.29) is 0 Å². The maximum absolute atomic E-state index is 10.3. The Labute approximate surface area is 105 Å². The first kappa shape index (κ1) is 12.9. The zero-order chi connectivity index (χ0) is 12.0. The van der Waals surface area contributed by atoms with Crippen molar-refractivity contribution < 1.29 is 5.11 Å². The van der Waals surface area contributed by atoms with E-state index in [0.29, 0.717) is 5.92 Å². The van der Waals surface area contributed by atoms with Gasteiger partial charge in [0.2, 0.25) is 0 Å². The van der Waals surface area contributed by atoms with Gasteiger partial charge in [0.15, 0.2) is 0 Å². The summed E-state index contributed by atoms with van der Waals surface area (Å²) >= 11 is 0. The van der Waals surface area contributed by atoms with Gasteiger partial charge >= 0.3 is 0 Å². The Kier molecular flexibility index (Phi) is 4.88. The maximum Gasteiger partial charge on any atom is 0.125 e. The molecular weight excluding hydrogens is 210 g/mol. The zero-order valence-corrected chi connectivity index (χ0v) is 10.8. The molecule has 17 heavy (non-hydrogen) atoms. The van der Waals surface area contributed by atoms with Crippen LogP contribution in [0.15, 0.2) is 0 Å². The Morgan fingerprint density at radius 3 is 2.76 bits per heavy atom. The van der Waals surface area contributed by atoms with Gasteiger partial charge in [-0.3, -0.25) is 0 Å². The van der Waals surface area contributed by atoms with Gasteiger partial charge in [-0.2, -0.15) is 0 Å². The summed E-state index contributed by atoms with van der Waals surface area (Å²) in [7, 11) is 0. The Morgan fingerprint density at radius 2 is 1.94 bits per heavy atom. The molecule has 1 atom stereocenters. The summed E-state index contributed by atoms with van der Waals surface area (Å²) in [4.78, 5) is 0. The molecule has 2 N–H and O–H groups in total. The van der Waals surface area contributed by atoms with Gasteiger partial charge in [0.05, 0.1) is 0 Å². The summed E-state index contributed by atoms with van der Waals surface area (Å²) in [5, 5.41) is 13.7. The van der Waals surface area contributed by atoms with Crippen LogP contribution in [0.5, 0.6) is 0 Å². The van der Waals surface area contributed by atoms with Crippen molar-refractivity contribution in [1.29, 1.82) is 0 Å². The third kappa shape index (κ3) is 4.33. The first-order valence-corrected chi connectivity index (χ1v) is 7.22. The van der Waals surface area contributed by atoms with E-state index in [1.807, 2.05) is 0 Å². The summed E-state index contributed by atoms with van der Waals surface area (Å²) < 4.78 is 0. The zero-order valence-electron chi connectivity index (χ0n) is 10.8. The quantitative estimate of drug-likeness (QED) is 0.684. The molecule has 1 aliphatic heterocycles. The highest BCUT2D eigenvalue weighted by molar-refractivity contribution is 5.15. The van der Waals surface area contributed by atoms with E-state index in [1.165, 1.54) is 25.7 Å². The SMILES string of the molecule is OC1(C#CCC2CCCCNC2)CCCCC1. The lowest BCUT2D eigenvalue weighted by atomic mass is 9.85. The summed E-state index contributed by atoms with van der Waals surface area (Å²) in [6.45, 7) is 2.26. The van der Waals surface area contributed by atoms with E-state index in [9.17, 15) is 5.11 Å². The highest BCUT2D eigenvalue weighted by Gasteiger charge is 2.26. The van der Waals surface area contributed by atoms with Gasteiger partial charge < -0.3 is 10.4 Å². The number of nitrogens with one attached hydrogen (secondary N) is 1. The van der Waals surface area contributed by atoms with E-state index >= 15 is 0 Å². The van der Waals surface area contributed by atoms with Gasteiger partial charge in [0.25, 0.3) is 0 Å². The van der Waals surface area contributed by atoms with E-state index < -0.39 is 5.60 Å². The third-order valence-corrected chi connectivity index (χ3v) is 4.04. The monoisotopic (exact) mass is 235 g/mol. The van der Waals surface area contributed by atoms with Crippen molar-refractivity contribution in [1.82, 2.24) is 5.32 Å². The largest absolute Gasteiger partial charge is 0.378 e. The Morgan fingerprint density at radius 1 is 1.12 bits per heavy atom. The summed E-state index contributed by atoms with van der Waals surface area (Å²) in [5.41, 5.74) is -0.656. The highest BCUT2D eigenvalue weighted by Crippen LogP contribution is 2.27. The standard InChI is InChI=1S/C15H25NO/c17-15(9-3-1-4-10-15)11-6-8-14-7-2-5-12-16-13-14/h14,16-17H,1-5,7-10,12-13H2. The van der Waals surface area contributed by atoms with Gasteiger partial charge in [0.1, 0.15) is 5.60 Å². The van der Waals surface area contributed by atoms with Crippen LogP contribution in [0.4, 0.5) is 0 Å². The molecule has 0 aromatic carbocycles. The predicted molar refractivity (Wildman–Crippen MR) is 70.6 cm³/mol. The van der Waals surface area contributed by atoms with E-state index in [0.717, 1.165) is 45.2 Å². The van der Waals surface area contributed by atoms with Crippen molar-refractivity contribution in [2.24, 2.45) is 5.92 Å². The molecule has 2 nitrogen and oxygen atoms in total. The molecule has 1 saturated heterocycles. The lowest BCUT2D eigenvalue weighted by Crippen LogP contribution is -2.29. The van der Waals surface area contributed by atoms with Crippen LogP contribution in [-0.4, -0.2) is 23.8 Å². The Hall–Kier alpha value is -0.520. The molecular formula is C15H25NO.